The molecule has 2 aromatic rings. The Hall–Kier alpha value is -1.05. The lowest BCUT2D eigenvalue weighted by Gasteiger charge is -2.25. The van der Waals surface area contributed by atoms with Crippen molar-refractivity contribution >= 4 is 22.4 Å². The number of hydrogen-bond donors (Lipinski definition) is 1. The van der Waals surface area contributed by atoms with Crippen LogP contribution in [-0.2, 0) is 0 Å². The van der Waals surface area contributed by atoms with Crippen LogP contribution in [0, 0.1) is 11.8 Å². The van der Waals surface area contributed by atoms with Gasteiger partial charge < -0.3 is 5.73 Å². The average Bonchev–Trinajstić information content (AvgIpc) is 2.85. The maximum atomic E-state index is 6.56. The fourth-order valence-electron chi connectivity index (χ4n) is 3.51. The number of halogens is 1. The fraction of sp³-hybridized carbons (Fsp3) is 0.412. The van der Waals surface area contributed by atoms with Crippen LogP contribution in [0.1, 0.15) is 37.8 Å². The summed E-state index contributed by atoms with van der Waals surface area (Å²) in [6, 6.07) is 12.5. The molecule has 100 valence electrons. The maximum absolute atomic E-state index is 6.56. The predicted molar refractivity (Wildman–Crippen MR) is 82.4 cm³/mol. The highest BCUT2D eigenvalue weighted by Gasteiger charge is 2.30. The first kappa shape index (κ1) is 13.0. The summed E-state index contributed by atoms with van der Waals surface area (Å²) in [5.74, 6) is 1.33. The second kappa shape index (κ2) is 5.15. The van der Waals surface area contributed by atoms with Crippen molar-refractivity contribution in [2.24, 2.45) is 17.6 Å². The van der Waals surface area contributed by atoms with E-state index in [1.807, 2.05) is 12.1 Å². The third-order valence-electron chi connectivity index (χ3n) is 4.65. The maximum Gasteiger partial charge on any atom is 0.0484 e. The van der Waals surface area contributed by atoms with Crippen LogP contribution < -0.4 is 5.73 Å². The molecule has 1 nitrogen and oxygen atoms in total. The van der Waals surface area contributed by atoms with Crippen molar-refractivity contribution in [2.45, 2.75) is 32.2 Å². The quantitative estimate of drug-likeness (QED) is 0.825. The predicted octanol–water partition coefficient (Wildman–Crippen LogP) is 4.93. The van der Waals surface area contributed by atoms with E-state index in [0.29, 0.717) is 5.92 Å². The van der Waals surface area contributed by atoms with Gasteiger partial charge in [0.2, 0.25) is 0 Å². The van der Waals surface area contributed by atoms with Gasteiger partial charge in [0, 0.05) is 16.5 Å². The highest BCUT2D eigenvalue weighted by atomic mass is 35.5. The number of benzene rings is 2. The molecule has 0 bridgehead atoms. The van der Waals surface area contributed by atoms with Crippen LogP contribution in [0.15, 0.2) is 36.4 Å². The highest BCUT2D eigenvalue weighted by Crippen LogP contribution is 2.41. The smallest absolute Gasteiger partial charge is 0.0484 e. The van der Waals surface area contributed by atoms with Crippen LogP contribution in [0.3, 0.4) is 0 Å². The van der Waals surface area contributed by atoms with E-state index < -0.39 is 0 Å². The van der Waals surface area contributed by atoms with E-state index in [2.05, 4.69) is 31.2 Å². The van der Waals surface area contributed by atoms with Crippen molar-refractivity contribution in [3.63, 3.8) is 0 Å². The van der Waals surface area contributed by atoms with E-state index >= 15 is 0 Å². The molecule has 0 aromatic heterocycles. The van der Waals surface area contributed by atoms with Gasteiger partial charge in [-0.2, -0.15) is 0 Å². The molecule has 3 unspecified atom stereocenters. The summed E-state index contributed by atoms with van der Waals surface area (Å²) in [7, 11) is 0. The van der Waals surface area contributed by atoms with Crippen molar-refractivity contribution in [1.82, 2.24) is 0 Å². The first-order chi connectivity index (χ1) is 9.18. The summed E-state index contributed by atoms with van der Waals surface area (Å²) in [4.78, 5) is 0. The van der Waals surface area contributed by atoms with E-state index in [9.17, 15) is 0 Å². The van der Waals surface area contributed by atoms with Crippen molar-refractivity contribution in [3.05, 3.63) is 47.0 Å². The highest BCUT2D eigenvalue weighted by molar-refractivity contribution is 6.35. The average molecular weight is 274 g/mol. The van der Waals surface area contributed by atoms with Gasteiger partial charge in [-0.1, -0.05) is 61.7 Å². The van der Waals surface area contributed by atoms with E-state index in [-0.39, 0.29) is 6.04 Å². The topological polar surface area (TPSA) is 26.0 Å². The second-order valence-corrected chi connectivity index (χ2v) is 6.19. The third-order valence-corrected chi connectivity index (χ3v) is 4.98. The van der Waals surface area contributed by atoms with Crippen molar-refractivity contribution in [1.29, 1.82) is 0 Å². The standard InChI is InChI=1S/C17H20ClN/c1-11-5-4-8-12(11)17(19)15-9-10-16(18)14-7-3-2-6-13(14)15/h2-3,6-7,9-12,17H,4-5,8,19H2,1H3. The zero-order valence-electron chi connectivity index (χ0n) is 11.3. The number of hydrogen-bond acceptors (Lipinski definition) is 1. The molecule has 0 aliphatic heterocycles. The van der Waals surface area contributed by atoms with E-state index in [1.54, 1.807) is 0 Å². The molecule has 0 saturated heterocycles. The minimum Gasteiger partial charge on any atom is -0.324 e. The van der Waals surface area contributed by atoms with Crippen LogP contribution in [0.5, 0.6) is 0 Å². The van der Waals surface area contributed by atoms with E-state index in [4.69, 9.17) is 17.3 Å². The molecule has 0 heterocycles. The van der Waals surface area contributed by atoms with Crippen LogP contribution in [-0.4, -0.2) is 0 Å². The monoisotopic (exact) mass is 273 g/mol. The van der Waals surface area contributed by atoms with Gasteiger partial charge in [0.15, 0.2) is 0 Å². The molecule has 3 rings (SSSR count). The molecular formula is C17H20ClN. The lowest BCUT2D eigenvalue weighted by molar-refractivity contribution is 0.352. The molecule has 1 aliphatic rings. The first-order valence-corrected chi connectivity index (χ1v) is 7.49. The van der Waals surface area contributed by atoms with E-state index in [1.165, 1.54) is 30.2 Å². The third kappa shape index (κ3) is 2.26. The Labute approximate surface area is 119 Å². The van der Waals surface area contributed by atoms with Crippen LogP contribution in [0.2, 0.25) is 5.02 Å². The molecule has 1 fully saturated rings. The Balaban J connectivity index is 2.07. The molecule has 1 saturated carbocycles. The van der Waals surface area contributed by atoms with Gasteiger partial charge in [0.1, 0.15) is 0 Å². The normalized spacial score (nSPS) is 24.8. The fourth-order valence-corrected chi connectivity index (χ4v) is 3.74. The van der Waals surface area contributed by atoms with Gasteiger partial charge >= 0.3 is 0 Å². The molecular weight excluding hydrogens is 254 g/mol. The van der Waals surface area contributed by atoms with Crippen molar-refractivity contribution in [3.8, 4) is 0 Å². The van der Waals surface area contributed by atoms with Gasteiger partial charge in [0.25, 0.3) is 0 Å². The molecule has 1 aliphatic carbocycles. The lowest BCUT2D eigenvalue weighted by Crippen LogP contribution is -2.23. The molecule has 0 amide bonds. The molecule has 19 heavy (non-hydrogen) atoms. The second-order valence-electron chi connectivity index (χ2n) is 5.78. The zero-order chi connectivity index (χ0) is 13.4. The van der Waals surface area contributed by atoms with Gasteiger partial charge in [-0.3, -0.25) is 0 Å². The molecule has 2 N–H and O–H groups in total. The Bertz CT molecular complexity index is 593. The van der Waals surface area contributed by atoms with Gasteiger partial charge in [-0.25, -0.2) is 0 Å². The Morgan fingerprint density at radius 3 is 2.53 bits per heavy atom. The summed E-state index contributed by atoms with van der Waals surface area (Å²) in [5, 5.41) is 3.13. The Kier molecular flexibility index (Phi) is 3.51. The summed E-state index contributed by atoms with van der Waals surface area (Å²) in [5.41, 5.74) is 7.81. The summed E-state index contributed by atoms with van der Waals surface area (Å²) in [6.45, 7) is 2.33. The molecule has 0 radical (unpaired) electrons. The zero-order valence-corrected chi connectivity index (χ0v) is 12.0. The van der Waals surface area contributed by atoms with Crippen molar-refractivity contribution in [2.75, 3.05) is 0 Å². The Morgan fingerprint density at radius 2 is 1.84 bits per heavy atom. The van der Waals surface area contributed by atoms with Crippen LogP contribution in [0.25, 0.3) is 10.8 Å². The molecule has 2 heteroatoms. The van der Waals surface area contributed by atoms with Crippen LogP contribution >= 0.6 is 11.6 Å². The summed E-state index contributed by atoms with van der Waals surface area (Å²) < 4.78 is 0. The van der Waals surface area contributed by atoms with Crippen molar-refractivity contribution < 1.29 is 0 Å². The van der Waals surface area contributed by atoms with E-state index in [0.717, 1.165) is 16.3 Å². The SMILES string of the molecule is CC1CCCC1C(N)c1ccc(Cl)c2ccccc12. The minimum absolute atomic E-state index is 0.125. The molecule has 3 atom stereocenters. The van der Waals surface area contributed by atoms with Gasteiger partial charge in [0.05, 0.1) is 0 Å². The largest absolute Gasteiger partial charge is 0.324 e. The number of fused-ring (bicyclic) bond motifs is 1. The number of nitrogens with two attached hydrogens (primary N) is 1. The minimum atomic E-state index is 0.125. The lowest BCUT2D eigenvalue weighted by atomic mass is 9.84. The summed E-state index contributed by atoms with van der Waals surface area (Å²) in [6.07, 6.45) is 3.87. The first-order valence-electron chi connectivity index (χ1n) is 7.11. The summed E-state index contributed by atoms with van der Waals surface area (Å²) >= 11 is 6.28. The Morgan fingerprint density at radius 1 is 1.11 bits per heavy atom. The van der Waals surface area contributed by atoms with Gasteiger partial charge in [-0.15, -0.1) is 0 Å². The number of rotatable bonds is 2. The molecule has 0 spiro atoms. The van der Waals surface area contributed by atoms with Crippen LogP contribution in [0.4, 0.5) is 0 Å². The molecule has 2 aromatic carbocycles. The van der Waals surface area contributed by atoms with Gasteiger partial charge in [-0.05, 0) is 35.3 Å².